The van der Waals surface area contributed by atoms with Crippen LogP contribution in [0.15, 0.2) is 30.7 Å². The molecule has 1 saturated carbocycles. The third-order valence-corrected chi connectivity index (χ3v) is 4.93. The highest BCUT2D eigenvalue weighted by Gasteiger charge is 2.19. The second-order valence-corrected chi connectivity index (χ2v) is 7.01. The molecule has 130 valence electrons. The van der Waals surface area contributed by atoms with Crippen LogP contribution in [-0.4, -0.2) is 31.4 Å². The van der Waals surface area contributed by atoms with Gasteiger partial charge in [-0.15, -0.1) is 0 Å². The number of aromatic nitrogens is 4. The first kappa shape index (κ1) is 16.0. The van der Waals surface area contributed by atoms with Crippen molar-refractivity contribution in [2.75, 3.05) is 5.32 Å². The summed E-state index contributed by atoms with van der Waals surface area (Å²) in [6.07, 6.45) is 10.3. The van der Waals surface area contributed by atoms with Crippen molar-refractivity contribution in [3.63, 3.8) is 0 Å². The van der Waals surface area contributed by atoms with Gasteiger partial charge in [0.1, 0.15) is 5.82 Å². The van der Waals surface area contributed by atoms with Crippen LogP contribution in [0.3, 0.4) is 0 Å². The molecule has 0 aliphatic heterocycles. The van der Waals surface area contributed by atoms with Crippen LogP contribution >= 0.6 is 0 Å². The van der Waals surface area contributed by atoms with Crippen LogP contribution in [0.2, 0.25) is 0 Å². The van der Waals surface area contributed by atoms with Crippen LogP contribution in [0, 0.1) is 13.8 Å². The third-order valence-electron chi connectivity index (χ3n) is 4.93. The summed E-state index contributed by atoms with van der Waals surface area (Å²) in [5.41, 5.74) is 10.1. The van der Waals surface area contributed by atoms with E-state index >= 15 is 0 Å². The van der Waals surface area contributed by atoms with Crippen molar-refractivity contribution in [3.8, 4) is 11.4 Å². The maximum Gasteiger partial charge on any atom is 0.163 e. The van der Waals surface area contributed by atoms with E-state index in [9.17, 15) is 0 Å². The molecule has 25 heavy (non-hydrogen) atoms. The van der Waals surface area contributed by atoms with E-state index in [0.717, 1.165) is 59.8 Å². The number of anilines is 1. The zero-order valence-corrected chi connectivity index (χ0v) is 14.7. The van der Waals surface area contributed by atoms with Crippen molar-refractivity contribution >= 4 is 11.3 Å². The third kappa shape index (κ3) is 3.35. The number of nitrogens with zero attached hydrogens (tertiary/aromatic N) is 4. The van der Waals surface area contributed by atoms with Gasteiger partial charge >= 0.3 is 0 Å². The van der Waals surface area contributed by atoms with Gasteiger partial charge in [0.15, 0.2) is 5.82 Å². The maximum absolute atomic E-state index is 5.99. The van der Waals surface area contributed by atoms with E-state index in [0.29, 0.717) is 12.1 Å². The zero-order chi connectivity index (χ0) is 17.4. The first-order chi connectivity index (χ1) is 12.1. The molecule has 6 nitrogen and oxygen atoms in total. The number of fused-ring (bicyclic) bond motifs is 1. The highest BCUT2D eigenvalue weighted by atomic mass is 15.1. The average Bonchev–Trinajstić information content (AvgIpc) is 3.02. The summed E-state index contributed by atoms with van der Waals surface area (Å²) < 4.78 is 2.10. The van der Waals surface area contributed by atoms with Crippen LogP contribution in [-0.2, 0) is 0 Å². The summed E-state index contributed by atoms with van der Waals surface area (Å²) in [4.78, 5) is 13.7. The molecular formula is C19H24N6. The van der Waals surface area contributed by atoms with Gasteiger partial charge in [-0.2, -0.15) is 0 Å². The van der Waals surface area contributed by atoms with E-state index in [1.165, 1.54) is 0 Å². The molecular weight excluding hydrogens is 312 g/mol. The standard InChI is InChI=1S/C19H24N6/c1-12-10-25-11-14(9-17(25)13(2)22-12)19-21-8-7-18(24-19)23-16-5-3-15(20)4-6-16/h7-11,15-16H,3-6,20H2,1-2H3,(H,21,23,24). The fourth-order valence-corrected chi connectivity index (χ4v) is 3.60. The second kappa shape index (κ2) is 6.44. The number of nitrogens with two attached hydrogens (primary N) is 1. The van der Waals surface area contributed by atoms with Gasteiger partial charge in [0, 0.05) is 36.2 Å². The van der Waals surface area contributed by atoms with E-state index in [2.05, 4.69) is 31.9 Å². The molecule has 3 aromatic rings. The monoisotopic (exact) mass is 336 g/mol. The van der Waals surface area contributed by atoms with Crippen molar-refractivity contribution in [1.82, 2.24) is 19.4 Å². The SMILES string of the molecule is Cc1cn2cc(-c3nccc(NC4CCC(N)CC4)n3)cc2c(C)n1. The van der Waals surface area contributed by atoms with E-state index in [1.807, 2.05) is 32.3 Å². The Morgan fingerprint density at radius 2 is 1.92 bits per heavy atom. The summed E-state index contributed by atoms with van der Waals surface area (Å²) >= 11 is 0. The zero-order valence-electron chi connectivity index (χ0n) is 14.7. The van der Waals surface area contributed by atoms with E-state index in [1.54, 1.807) is 0 Å². The van der Waals surface area contributed by atoms with Crippen molar-refractivity contribution in [3.05, 3.63) is 42.1 Å². The van der Waals surface area contributed by atoms with Gasteiger partial charge in [0.2, 0.25) is 0 Å². The Bertz CT molecular complexity index is 892. The molecule has 1 aliphatic carbocycles. The van der Waals surface area contributed by atoms with Crippen molar-refractivity contribution in [2.24, 2.45) is 5.73 Å². The lowest BCUT2D eigenvalue weighted by Crippen LogP contribution is -2.33. The van der Waals surface area contributed by atoms with Crippen LogP contribution in [0.5, 0.6) is 0 Å². The molecule has 0 bridgehead atoms. The molecule has 3 aromatic heterocycles. The fraction of sp³-hybridized carbons (Fsp3) is 0.421. The first-order valence-electron chi connectivity index (χ1n) is 8.90. The van der Waals surface area contributed by atoms with Crippen molar-refractivity contribution in [1.29, 1.82) is 0 Å². The molecule has 0 amide bonds. The van der Waals surface area contributed by atoms with Crippen molar-refractivity contribution in [2.45, 2.75) is 51.6 Å². The molecule has 0 aromatic carbocycles. The molecule has 1 fully saturated rings. The molecule has 1 aliphatic rings. The number of rotatable bonds is 3. The summed E-state index contributed by atoms with van der Waals surface area (Å²) in [6.45, 7) is 4.03. The van der Waals surface area contributed by atoms with Gasteiger partial charge in [0.25, 0.3) is 0 Å². The highest BCUT2D eigenvalue weighted by Crippen LogP contribution is 2.24. The Kier molecular flexibility index (Phi) is 4.13. The van der Waals surface area contributed by atoms with Gasteiger partial charge in [0.05, 0.1) is 16.9 Å². The quantitative estimate of drug-likeness (QED) is 0.768. The van der Waals surface area contributed by atoms with Crippen LogP contribution in [0.1, 0.15) is 37.1 Å². The van der Waals surface area contributed by atoms with Gasteiger partial charge in [-0.05, 0) is 51.7 Å². The molecule has 6 heteroatoms. The summed E-state index contributed by atoms with van der Waals surface area (Å²) in [5, 5.41) is 3.54. The Labute approximate surface area is 147 Å². The number of hydrogen-bond donors (Lipinski definition) is 2. The molecule has 0 radical (unpaired) electrons. The van der Waals surface area contributed by atoms with E-state index in [4.69, 9.17) is 10.7 Å². The van der Waals surface area contributed by atoms with Crippen LogP contribution in [0.4, 0.5) is 5.82 Å². The minimum absolute atomic E-state index is 0.355. The topological polar surface area (TPSA) is 81.1 Å². The molecule has 4 rings (SSSR count). The lowest BCUT2D eigenvalue weighted by molar-refractivity contribution is 0.410. The van der Waals surface area contributed by atoms with Gasteiger partial charge < -0.3 is 15.5 Å². The van der Waals surface area contributed by atoms with Crippen molar-refractivity contribution < 1.29 is 0 Å². The molecule has 0 saturated heterocycles. The Morgan fingerprint density at radius 1 is 1.12 bits per heavy atom. The largest absolute Gasteiger partial charge is 0.367 e. The molecule has 3 heterocycles. The summed E-state index contributed by atoms with van der Waals surface area (Å²) in [6, 6.07) is 4.84. The van der Waals surface area contributed by atoms with Gasteiger partial charge in [-0.25, -0.2) is 9.97 Å². The molecule has 0 unspecified atom stereocenters. The predicted octanol–water partition coefficient (Wildman–Crippen LogP) is 3.09. The molecule has 3 N–H and O–H groups in total. The molecule has 0 spiro atoms. The average molecular weight is 336 g/mol. The summed E-state index contributed by atoms with van der Waals surface area (Å²) in [5.74, 6) is 1.62. The lowest BCUT2D eigenvalue weighted by atomic mass is 9.92. The smallest absolute Gasteiger partial charge is 0.163 e. The van der Waals surface area contributed by atoms with Crippen LogP contribution < -0.4 is 11.1 Å². The Balaban J connectivity index is 1.60. The fourth-order valence-electron chi connectivity index (χ4n) is 3.60. The lowest BCUT2D eigenvalue weighted by Gasteiger charge is -2.27. The first-order valence-corrected chi connectivity index (χ1v) is 8.90. The van der Waals surface area contributed by atoms with Crippen LogP contribution in [0.25, 0.3) is 16.9 Å². The Hall–Kier alpha value is -2.47. The van der Waals surface area contributed by atoms with Gasteiger partial charge in [-0.3, -0.25) is 4.98 Å². The highest BCUT2D eigenvalue weighted by molar-refractivity contribution is 5.67. The number of aryl methyl sites for hydroxylation is 2. The minimum atomic E-state index is 0.355. The molecule has 0 atom stereocenters. The maximum atomic E-state index is 5.99. The minimum Gasteiger partial charge on any atom is -0.367 e. The van der Waals surface area contributed by atoms with E-state index in [-0.39, 0.29) is 0 Å². The van der Waals surface area contributed by atoms with E-state index < -0.39 is 0 Å². The number of hydrogen-bond acceptors (Lipinski definition) is 5. The Morgan fingerprint density at radius 3 is 2.72 bits per heavy atom. The van der Waals surface area contributed by atoms with Gasteiger partial charge in [-0.1, -0.05) is 0 Å². The predicted molar refractivity (Wildman–Crippen MR) is 99.5 cm³/mol. The number of nitrogens with one attached hydrogen (secondary N) is 1. The second-order valence-electron chi connectivity index (χ2n) is 7.01. The summed E-state index contributed by atoms with van der Waals surface area (Å²) in [7, 11) is 0. The normalized spacial score (nSPS) is 20.8.